The molecule has 2 unspecified atom stereocenters. The van der Waals surface area contributed by atoms with Gasteiger partial charge in [-0.15, -0.1) is 0 Å². The van der Waals surface area contributed by atoms with Crippen LogP contribution >= 0.6 is 0 Å². The van der Waals surface area contributed by atoms with Crippen LogP contribution in [0.2, 0.25) is 0 Å². The number of carbonyl (C=O) groups excluding carboxylic acids is 5. The molecular formula is C53H65N11O7. The average Bonchev–Trinajstić information content (AvgIpc) is 3.95. The Labute approximate surface area is 414 Å². The number of carbonyl (C=O) groups is 5. The summed E-state index contributed by atoms with van der Waals surface area (Å²) in [5.41, 5.74) is 7.62. The Morgan fingerprint density at radius 2 is 1.55 bits per heavy atom. The number of rotatable bonds is 10. The van der Waals surface area contributed by atoms with Crippen LogP contribution in [0.5, 0.6) is 5.88 Å². The number of imide groups is 2. The third-order valence-corrected chi connectivity index (χ3v) is 16.3. The van der Waals surface area contributed by atoms with Crippen LogP contribution in [0, 0.1) is 5.41 Å². The lowest BCUT2D eigenvalue weighted by Gasteiger charge is -2.49. The second-order valence-corrected chi connectivity index (χ2v) is 21.5. The van der Waals surface area contributed by atoms with E-state index in [0.29, 0.717) is 41.1 Å². The highest BCUT2D eigenvalue weighted by atomic mass is 16.5. The molecule has 0 bridgehead atoms. The largest absolute Gasteiger partial charge is 0.480 e. The van der Waals surface area contributed by atoms with Crippen molar-refractivity contribution >= 4 is 58.1 Å². The highest BCUT2D eigenvalue weighted by molar-refractivity contribution is 6.23. The van der Waals surface area contributed by atoms with Gasteiger partial charge in [-0.25, -0.2) is 9.97 Å². The topological polar surface area (TPSA) is 189 Å². The fourth-order valence-electron chi connectivity index (χ4n) is 12.9. The van der Waals surface area contributed by atoms with Crippen LogP contribution in [0.25, 0.3) is 0 Å². The molecule has 0 spiro atoms. The molecule has 3 N–H and O–H groups in total. The monoisotopic (exact) mass is 968 g/mol. The lowest BCUT2D eigenvalue weighted by atomic mass is 9.89. The van der Waals surface area contributed by atoms with Crippen LogP contribution in [0.1, 0.15) is 109 Å². The number of fused-ring (bicyclic) bond motifs is 4. The first-order chi connectivity index (χ1) is 34.2. The zero-order valence-corrected chi connectivity index (χ0v) is 41.4. The minimum Gasteiger partial charge on any atom is -0.480 e. The first-order valence-electron chi connectivity index (χ1n) is 25.5. The van der Waals surface area contributed by atoms with Gasteiger partial charge in [-0.1, -0.05) is 13.8 Å². The van der Waals surface area contributed by atoms with Crippen LogP contribution in [0.3, 0.4) is 0 Å². The second kappa shape index (κ2) is 18.3. The van der Waals surface area contributed by atoms with E-state index in [1.54, 1.807) is 25.4 Å². The van der Waals surface area contributed by atoms with Gasteiger partial charge in [-0.05, 0) is 112 Å². The van der Waals surface area contributed by atoms with Crippen molar-refractivity contribution in [3.05, 3.63) is 82.9 Å². The number of methoxy groups -OCH3 is 1. The van der Waals surface area contributed by atoms with Gasteiger partial charge in [0.1, 0.15) is 23.2 Å². The Bertz CT molecular complexity index is 2780. The lowest BCUT2D eigenvalue weighted by Crippen LogP contribution is -2.62. The summed E-state index contributed by atoms with van der Waals surface area (Å²) >= 11 is 0. The summed E-state index contributed by atoms with van der Waals surface area (Å²) in [6, 6.07) is 12.8. The van der Waals surface area contributed by atoms with Crippen molar-refractivity contribution in [3.8, 4) is 5.88 Å². The van der Waals surface area contributed by atoms with E-state index in [1.165, 1.54) is 11.3 Å². The van der Waals surface area contributed by atoms with Gasteiger partial charge < -0.3 is 39.3 Å². The zero-order chi connectivity index (χ0) is 49.5. The molecule has 18 nitrogen and oxygen atoms in total. The number of pyridine rings is 2. The Hall–Kier alpha value is -6.53. The Morgan fingerprint density at radius 3 is 2.28 bits per heavy atom. The van der Waals surface area contributed by atoms with E-state index < -0.39 is 35.8 Å². The molecule has 6 aliphatic heterocycles. The molecule has 374 valence electrons. The zero-order valence-electron chi connectivity index (χ0n) is 41.4. The maximum absolute atomic E-state index is 14.2. The maximum atomic E-state index is 14.2. The van der Waals surface area contributed by atoms with Gasteiger partial charge in [-0.3, -0.25) is 39.1 Å². The van der Waals surface area contributed by atoms with Gasteiger partial charge in [0.05, 0.1) is 60.2 Å². The molecule has 5 amide bonds. The molecule has 18 heteroatoms. The molecule has 9 heterocycles. The summed E-state index contributed by atoms with van der Waals surface area (Å²) in [6.45, 7) is 15.1. The third kappa shape index (κ3) is 8.45. The van der Waals surface area contributed by atoms with Gasteiger partial charge in [-0.2, -0.15) is 0 Å². The van der Waals surface area contributed by atoms with Gasteiger partial charge in [0.15, 0.2) is 0 Å². The van der Waals surface area contributed by atoms with E-state index in [0.717, 1.165) is 112 Å². The fourth-order valence-corrected chi connectivity index (χ4v) is 12.9. The van der Waals surface area contributed by atoms with Crippen molar-refractivity contribution in [2.24, 2.45) is 5.41 Å². The summed E-state index contributed by atoms with van der Waals surface area (Å²) in [4.78, 5) is 87.3. The Morgan fingerprint density at radius 1 is 0.789 bits per heavy atom. The summed E-state index contributed by atoms with van der Waals surface area (Å²) in [7, 11) is 1.60. The molecule has 7 aliphatic rings. The van der Waals surface area contributed by atoms with E-state index in [9.17, 15) is 29.1 Å². The minimum atomic E-state index is -0.984. The van der Waals surface area contributed by atoms with Crippen LogP contribution in [0.15, 0.2) is 54.9 Å². The smallest absolute Gasteiger partial charge is 0.270 e. The van der Waals surface area contributed by atoms with Gasteiger partial charge in [0.25, 0.3) is 17.7 Å². The van der Waals surface area contributed by atoms with Crippen molar-refractivity contribution < 1.29 is 33.8 Å². The van der Waals surface area contributed by atoms with Crippen molar-refractivity contribution in [1.29, 1.82) is 0 Å². The molecule has 5 atom stereocenters. The van der Waals surface area contributed by atoms with Crippen LogP contribution < -0.4 is 30.1 Å². The molecule has 1 aromatic carbocycles. The highest BCUT2D eigenvalue weighted by Gasteiger charge is 2.46. The molecule has 3 aromatic heterocycles. The number of nitrogens with one attached hydrogen (secondary N) is 2. The molecular weight excluding hydrogens is 903 g/mol. The summed E-state index contributed by atoms with van der Waals surface area (Å²) in [5, 5.41) is 17.1. The number of ether oxygens (including phenoxy) is 1. The SMILES string of the molecule is COc1ncc(N2CCC[C@H](N3CCn4c(cc5c4CC(C)(C)C5)C3=O)[C@H]2C(C)O)cc1Nc1ccc(N2CCN(C3CCN(c4ccc5c(c4)C(=O)N(C4CCC(=O)NC4=O)C5=O)CC3)C[C@@H]2C)cn1. The molecule has 4 saturated heterocycles. The maximum Gasteiger partial charge on any atom is 0.270 e. The number of piperazine rings is 1. The first kappa shape index (κ1) is 46.8. The van der Waals surface area contributed by atoms with Crippen molar-refractivity contribution in [3.63, 3.8) is 0 Å². The molecule has 4 fully saturated rings. The minimum absolute atomic E-state index is 0.0537. The molecule has 0 radical (unpaired) electrons. The summed E-state index contributed by atoms with van der Waals surface area (Å²) in [6.07, 6.45) is 8.81. The number of aromatic nitrogens is 3. The van der Waals surface area contributed by atoms with Gasteiger partial charge in [0.2, 0.25) is 17.7 Å². The second-order valence-electron chi connectivity index (χ2n) is 21.5. The van der Waals surface area contributed by atoms with E-state index in [2.05, 4.69) is 67.7 Å². The number of hydrogen-bond acceptors (Lipinski definition) is 14. The van der Waals surface area contributed by atoms with Crippen molar-refractivity contribution in [2.45, 2.75) is 122 Å². The molecule has 4 aromatic rings. The summed E-state index contributed by atoms with van der Waals surface area (Å²) in [5.74, 6) is -0.854. The Balaban J connectivity index is 0.705. The standard InChI is InChI=1S/C53H65N11O7/c1-31-30-59(34-14-17-58(18-15-34)35-8-10-38-39(24-35)51(69)64(50(38)68)42-11-13-46(66)57-48(42)67)19-20-60(31)36-9-12-45(54-28-36)56-40-25-37(29-55-49(40)71-5)61-16-6-7-41(47(61)32(2)65)63-22-21-62-43(52(63)70)23-33-26-53(3,4)27-44(33)62/h8-10,12,23-25,28-29,31-32,34,41-42,47,65H,6-7,11,13-22,26-27,30H2,1-5H3,(H,54,56)(H,57,66,67)/t31-,32?,41-,42?,47+/m0/s1. The number of aliphatic hydroxyl groups excluding tert-OH is 1. The predicted octanol–water partition coefficient (Wildman–Crippen LogP) is 4.61. The van der Waals surface area contributed by atoms with Gasteiger partial charge >= 0.3 is 0 Å². The van der Waals surface area contributed by atoms with E-state index in [1.807, 2.05) is 36.2 Å². The van der Waals surface area contributed by atoms with Crippen LogP contribution in [-0.2, 0) is 29.0 Å². The predicted molar refractivity (Wildman–Crippen MR) is 268 cm³/mol. The highest BCUT2D eigenvalue weighted by Crippen LogP contribution is 2.41. The lowest BCUT2D eigenvalue weighted by molar-refractivity contribution is -0.136. The first-order valence-corrected chi connectivity index (χ1v) is 25.5. The van der Waals surface area contributed by atoms with Crippen LogP contribution in [-0.4, -0.2) is 153 Å². The fraction of sp³-hybridized carbons (Fsp3) is 0.528. The Kier molecular flexibility index (Phi) is 12.0. The number of aliphatic hydroxyl groups is 1. The number of anilines is 5. The molecule has 71 heavy (non-hydrogen) atoms. The van der Waals surface area contributed by atoms with E-state index in [4.69, 9.17) is 14.7 Å². The number of amides is 5. The van der Waals surface area contributed by atoms with Gasteiger partial charge in [0, 0.05) is 82.2 Å². The number of piperidine rings is 3. The number of hydrogen-bond donors (Lipinski definition) is 3. The quantitative estimate of drug-likeness (QED) is 0.187. The number of benzene rings is 1. The van der Waals surface area contributed by atoms with E-state index >= 15 is 0 Å². The molecule has 11 rings (SSSR count). The van der Waals surface area contributed by atoms with Crippen molar-refractivity contribution in [2.75, 3.05) is 72.9 Å². The summed E-state index contributed by atoms with van der Waals surface area (Å²) < 4.78 is 7.98. The van der Waals surface area contributed by atoms with Crippen molar-refractivity contribution in [1.82, 2.24) is 34.6 Å². The number of nitrogens with zero attached hydrogens (tertiary/aromatic N) is 9. The molecule has 1 aliphatic carbocycles. The van der Waals surface area contributed by atoms with Crippen LogP contribution in [0.4, 0.5) is 28.6 Å². The third-order valence-electron chi connectivity index (χ3n) is 16.3. The van der Waals surface area contributed by atoms with E-state index in [-0.39, 0.29) is 42.3 Å². The average molecular weight is 968 g/mol. The normalized spacial score (nSPS) is 25.3. The molecule has 0 saturated carbocycles.